The molecule has 0 saturated heterocycles. The first-order chi connectivity index (χ1) is 10.6. The Balaban J connectivity index is 1.89. The Labute approximate surface area is 132 Å². The number of halogens is 1. The molecule has 112 valence electrons. The van der Waals surface area contributed by atoms with Gasteiger partial charge in [0.1, 0.15) is 10.8 Å². The Morgan fingerprint density at radius 3 is 2.59 bits per heavy atom. The second-order valence-corrected chi connectivity index (χ2v) is 5.95. The summed E-state index contributed by atoms with van der Waals surface area (Å²) in [6.45, 7) is 3.93. The third kappa shape index (κ3) is 3.31. The highest BCUT2D eigenvalue weighted by atomic mass is 32.1. The lowest BCUT2D eigenvalue weighted by atomic mass is 10.2. The molecule has 1 aromatic carbocycles. The number of nitrogens with zero attached hydrogens (tertiary/aromatic N) is 2. The Hall–Kier alpha value is -2.27. The fourth-order valence-electron chi connectivity index (χ4n) is 2.01. The lowest BCUT2D eigenvalue weighted by Gasteiger charge is -2.08. The highest BCUT2D eigenvalue weighted by Crippen LogP contribution is 2.30. The number of pyridine rings is 1. The molecule has 0 saturated carbocycles. The predicted molar refractivity (Wildman–Crippen MR) is 86.5 cm³/mol. The van der Waals surface area contributed by atoms with Crippen molar-refractivity contribution in [1.82, 2.24) is 9.97 Å². The Bertz CT molecular complexity index is 768. The zero-order valence-electron chi connectivity index (χ0n) is 12.3. The molecule has 0 amide bonds. The maximum Gasteiger partial charge on any atom is 0.214 e. The molecule has 0 bridgehead atoms. The molecule has 0 aliphatic rings. The maximum atomic E-state index is 13.0. The summed E-state index contributed by atoms with van der Waals surface area (Å²) in [5.74, 6) is 0.342. The van der Waals surface area contributed by atoms with Gasteiger partial charge in [-0.25, -0.2) is 14.4 Å². The third-order valence-corrected chi connectivity index (χ3v) is 3.87. The van der Waals surface area contributed by atoms with Crippen LogP contribution in [0.2, 0.25) is 0 Å². The van der Waals surface area contributed by atoms with Crippen LogP contribution in [-0.2, 0) is 0 Å². The van der Waals surface area contributed by atoms with E-state index in [1.807, 2.05) is 31.4 Å². The van der Waals surface area contributed by atoms with Gasteiger partial charge in [0.15, 0.2) is 0 Å². The van der Waals surface area contributed by atoms with Gasteiger partial charge in [-0.3, -0.25) is 0 Å². The number of rotatable bonds is 4. The fraction of sp³-hybridized carbons (Fsp3) is 0.176. The summed E-state index contributed by atoms with van der Waals surface area (Å²) in [5, 5.41) is 2.85. The van der Waals surface area contributed by atoms with Crippen molar-refractivity contribution in [3.63, 3.8) is 0 Å². The molecule has 0 atom stereocenters. The standard InChI is InChI=1S/C17H15FN2OS/c1-11(2)21-16-9-13(7-8-19-16)17-20-15(10-22-17)12-3-5-14(18)6-4-12/h3-11H,1-2H3. The van der Waals surface area contributed by atoms with Crippen LogP contribution in [0.5, 0.6) is 5.88 Å². The summed E-state index contributed by atoms with van der Waals surface area (Å²) in [6, 6.07) is 10.1. The summed E-state index contributed by atoms with van der Waals surface area (Å²) in [6.07, 6.45) is 1.79. The van der Waals surface area contributed by atoms with Crippen LogP contribution in [0.15, 0.2) is 48.0 Å². The summed E-state index contributed by atoms with van der Waals surface area (Å²) >= 11 is 1.54. The van der Waals surface area contributed by atoms with Crippen LogP contribution in [0.4, 0.5) is 4.39 Å². The summed E-state index contributed by atoms with van der Waals surface area (Å²) in [7, 11) is 0. The molecule has 0 spiro atoms. The molecule has 3 nitrogen and oxygen atoms in total. The van der Waals surface area contributed by atoms with E-state index < -0.39 is 0 Å². The van der Waals surface area contributed by atoms with E-state index in [-0.39, 0.29) is 11.9 Å². The smallest absolute Gasteiger partial charge is 0.214 e. The van der Waals surface area contributed by atoms with Crippen LogP contribution < -0.4 is 4.74 Å². The summed E-state index contributed by atoms with van der Waals surface area (Å²) in [5.41, 5.74) is 2.70. The van der Waals surface area contributed by atoms with E-state index in [9.17, 15) is 4.39 Å². The number of benzene rings is 1. The zero-order chi connectivity index (χ0) is 15.5. The number of hydrogen-bond acceptors (Lipinski definition) is 4. The van der Waals surface area contributed by atoms with Gasteiger partial charge in [-0.05, 0) is 44.2 Å². The molecule has 5 heteroatoms. The first-order valence-corrected chi connectivity index (χ1v) is 7.84. The number of aromatic nitrogens is 2. The first kappa shape index (κ1) is 14.7. The van der Waals surface area contributed by atoms with E-state index in [4.69, 9.17) is 4.74 Å². The van der Waals surface area contributed by atoms with Crippen LogP contribution in [0, 0.1) is 5.82 Å². The number of hydrogen-bond donors (Lipinski definition) is 0. The van der Waals surface area contributed by atoms with Crippen LogP contribution in [0.1, 0.15) is 13.8 Å². The average Bonchev–Trinajstić information content (AvgIpc) is 2.97. The molecule has 0 N–H and O–H groups in total. The van der Waals surface area contributed by atoms with Crippen molar-refractivity contribution in [2.75, 3.05) is 0 Å². The highest BCUT2D eigenvalue weighted by molar-refractivity contribution is 7.13. The van der Waals surface area contributed by atoms with Crippen LogP contribution in [0.3, 0.4) is 0 Å². The highest BCUT2D eigenvalue weighted by Gasteiger charge is 2.09. The Kier molecular flexibility index (Phi) is 4.15. The van der Waals surface area contributed by atoms with E-state index in [0.29, 0.717) is 5.88 Å². The van der Waals surface area contributed by atoms with Gasteiger partial charge in [0.25, 0.3) is 0 Å². The van der Waals surface area contributed by atoms with Gasteiger partial charge in [0, 0.05) is 28.8 Å². The van der Waals surface area contributed by atoms with Crippen molar-refractivity contribution in [3.05, 3.63) is 53.8 Å². The quantitative estimate of drug-likeness (QED) is 0.694. The van der Waals surface area contributed by atoms with Gasteiger partial charge in [0.05, 0.1) is 11.8 Å². The van der Waals surface area contributed by atoms with Gasteiger partial charge in [-0.1, -0.05) is 0 Å². The zero-order valence-corrected chi connectivity index (χ0v) is 13.1. The normalized spacial score (nSPS) is 10.9. The Morgan fingerprint density at radius 2 is 1.86 bits per heavy atom. The second-order valence-electron chi connectivity index (χ2n) is 5.09. The predicted octanol–water partition coefficient (Wildman–Crippen LogP) is 4.80. The molecule has 0 radical (unpaired) electrons. The van der Waals surface area contributed by atoms with E-state index in [0.717, 1.165) is 21.8 Å². The Morgan fingerprint density at radius 1 is 1.09 bits per heavy atom. The maximum absolute atomic E-state index is 13.0. The van der Waals surface area contributed by atoms with Crippen molar-refractivity contribution in [1.29, 1.82) is 0 Å². The number of thiazole rings is 1. The van der Waals surface area contributed by atoms with Crippen molar-refractivity contribution in [3.8, 4) is 27.7 Å². The lowest BCUT2D eigenvalue weighted by molar-refractivity contribution is 0.233. The van der Waals surface area contributed by atoms with E-state index in [1.54, 1.807) is 29.7 Å². The lowest BCUT2D eigenvalue weighted by Crippen LogP contribution is -2.06. The van der Waals surface area contributed by atoms with Gasteiger partial charge in [-0.15, -0.1) is 11.3 Å². The minimum absolute atomic E-state index is 0.0776. The number of ether oxygens (including phenoxy) is 1. The minimum atomic E-state index is -0.246. The first-order valence-electron chi connectivity index (χ1n) is 6.96. The van der Waals surface area contributed by atoms with Gasteiger partial charge >= 0.3 is 0 Å². The van der Waals surface area contributed by atoms with Crippen LogP contribution >= 0.6 is 11.3 Å². The van der Waals surface area contributed by atoms with E-state index in [1.165, 1.54) is 12.1 Å². The molecule has 0 fully saturated rings. The SMILES string of the molecule is CC(C)Oc1cc(-c2nc(-c3ccc(F)cc3)cs2)ccn1. The van der Waals surface area contributed by atoms with Gasteiger partial charge < -0.3 is 4.74 Å². The molecule has 22 heavy (non-hydrogen) atoms. The van der Waals surface area contributed by atoms with Crippen molar-refractivity contribution in [2.24, 2.45) is 0 Å². The van der Waals surface area contributed by atoms with Gasteiger partial charge in [0.2, 0.25) is 5.88 Å². The van der Waals surface area contributed by atoms with Crippen molar-refractivity contribution < 1.29 is 9.13 Å². The van der Waals surface area contributed by atoms with Crippen molar-refractivity contribution >= 4 is 11.3 Å². The molecule has 0 aliphatic carbocycles. The molecular formula is C17H15FN2OS. The summed E-state index contributed by atoms with van der Waals surface area (Å²) in [4.78, 5) is 8.81. The largest absolute Gasteiger partial charge is 0.475 e. The molecule has 0 unspecified atom stereocenters. The average molecular weight is 314 g/mol. The second kappa shape index (κ2) is 6.23. The monoisotopic (exact) mass is 314 g/mol. The minimum Gasteiger partial charge on any atom is -0.475 e. The topological polar surface area (TPSA) is 35.0 Å². The van der Waals surface area contributed by atoms with Crippen LogP contribution in [0.25, 0.3) is 21.8 Å². The molecular weight excluding hydrogens is 299 g/mol. The van der Waals surface area contributed by atoms with E-state index in [2.05, 4.69) is 9.97 Å². The molecule has 3 rings (SSSR count). The van der Waals surface area contributed by atoms with Crippen molar-refractivity contribution in [2.45, 2.75) is 20.0 Å². The molecule has 2 heterocycles. The molecule has 2 aromatic heterocycles. The molecule has 3 aromatic rings. The molecule has 0 aliphatic heterocycles. The summed E-state index contributed by atoms with van der Waals surface area (Å²) < 4.78 is 18.6. The fourth-order valence-corrected chi connectivity index (χ4v) is 2.83. The van der Waals surface area contributed by atoms with E-state index >= 15 is 0 Å². The van der Waals surface area contributed by atoms with Gasteiger partial charge in [-0.2, -0.15) is 0 Å². The van der Waals surface area contributed by atoms with Crippen LogP contribution in [-0.4, -0.2) is 16.1 Å². The third-order valence-electron chi connectivity index (χ3n) is 2.98.